The zero-order valence-corrected chi connectivity index (χ0v) is 33.9. The standard InChI is InChI=1S/C33H66O5Si4/c1-31-19-17-25(36-40(6,7)8)21-24(31)15-16-26-27-18-20-33(38-42(12,13)14,32(27,2)22-28(34)30(26)31)29(37-41(9,10)11)23-35-39(3,4)5/h24-27,29-30H,15-23H2,1-14H3. The summed E-state index contributed by atoms with van der Waals surface area (Å²) in [6.07, 6.45) is 8.77. The van der Waals surface area contributed by atoms with E-state index < -0.39 is 38.9 Å². The van der Waals surface area contributed by atoms with Crippen LogP contribution in [0.2, 0.25) is 78.6 Å². The molecule has 0 saturated heterocycles. The number of rotatable bonds is 10. The van der Waals surface area contributed by atoms with Crippen molar-refractivity contribution in [1.82, 2.24) is 0 Å². The van der Waals surface area contributed by atoms with E-state index >= 15 is 0 Å². The van der Waals surface area contributed by atoms with Crippen LogP contribution in [-0.2, 0) is 22.5 Å². The van der Waals surface area contributed by atoms with Gasteiger partial charge in [0.2, 0.25) is 0 Å². The van der Waals surface area contributed by atoms with Gasteiger partial charge in [-0.25, -0.2) is 0 Å². The van der Waals surface area contributed by atoms with Crippen molar-refractivity contribution >= 4 is 39.1 Å². The fourth-order valence-electron chi connectivity index (χ4n) is 9.99. The molecule has 4 fully saturated rings. The summed E-state index contributed by atoms with van der Waals surface area (Å²) in [4.78, 5) is 14.7. The van der Waals surface area contributed by atoms with E-state index in [-0.39, 0.29) is 22.9 Å². The molecule has 0 aromatic heterocycles. The van der Waals surface area contributed by atoms with Gasteiger partial charge in [0.1, 0.15) is 5.78 Å². The van der Waals surface area contributed by atoms with Gasteiger partial charge in [0.25, 0.3) is 0 Å². The van der Waals surface area contributed by atoms with Crippen molar-refractivity contribution in [3.8, 4) is 0 Å². The Balaban J connectivity index is 1.70. The molecule has 0 amide bonds. The van der Waals surface area contributed by atoms with Gasteiger partial charge in [-0.1, -0.05) is 13.8 Å². The molecule has 4 rings (SSSR count). The van der Waals surface area contributed by atoms with Gasteiger partial charge in [0.05, 0.1) is 18.3 Å². The molecule has 4 saturated carbocycles. The highest BCUT2D eigenvalue weighted by Crippen LogP contribution is 2.69. The fraction of sp³-hybridized carbons (Fsp3) is 0.970. The first-order valence-corrected chi connectivity index (χ1v) is 30.7. The second kappa shape index (κ2) is 11.6. The topological polar surface area (TPSA) is 54.0 Å². The molecule has 4 aliphatic carbocycles. The van der Waals surface area contributed by atoms with Crippen LogP contribution in [0.1, 0.15) is 65.2 Å². The Hall–Kier alpha value is 0.378. The zero-order chi connectivity index (χ0) is 31.7. The summed E-state index contributed by atoms with van der Waals surface area (Å²) >= 11 is 0. The fourth-order valence-corrected chi connectivity index (χ4v) is 14.5. The van der Waals surface area contributed by atoms with Gasteiger partial charge >= 0.3 is 0 Å². The molecular formula is C33H66O5Si4. The van der Waals surface area contributed by atoms with Crippen LogP contribution in [0, 0.1) is 34.5 Å². The van der Waals surface area contributed by atoms with Crippen molar-refractivity contribution in [1.29, 1.82) is 0 Å². The number of carbonyl (C=O) groups is 1. The summed E-state index contributed by atoms with van der Waals surface area (Å²) < 4.78 is 27.9. The summed E-state index contributed by atoms with van der Waals surface area (Å²) in [5.74, 6) is 2.23. The largest absolute Gasteiger partial charge is 0.415 e. The maximum absolute atomic E-state index is 14.7. The lowest BCUT2D eigenvalue weighted by Gasteiger charge is -2.62. The third-order valence-corrected chi connectivity index (χ3v) is 15.2. The first kappa shape index (κ1) is 35.2. The number of hydrogen-bond acceptors (Lipinski definition) is 5. The smallest absolute Gasteiger partial charge is 0.184 e. The van der Waals surface area contributed by atoms with Crippen LogP contribution in [0.4, 0.5) is 0 Å². The number of hydrogen-bond donors (Lipinski definition) is 0. The number of ketones is 1. The van der Waals surface area contributed by atoms with Crippen LogP contribution in [-0.4, -0.2) is 63.5 Å². The monoisotopic (exact) mass is 654 g/mol. The Bertz CT molecular complexity index is 994. The second-order valence-corrected chi connectivity index (χ2v) is 36.9. The van der Waals surface area contributed by atoms with Crippen molar-refractivity contribution in [3.05, 3.63) is 0 Å². The van der Waals surface area contributed by atoms with Crippen LogP contribution < -0.4 is 0 Å². The highest BCUT2D eigenvalue weighted by Gasteiger charge is 2.70. The summed E-state index contributed by atoms with van der Waals surface area (Å²) in [5, 5.41) is 0. The molecule has 0 bridgehead atoms. The predicted molar refractivity (Wildman–Crippen MR) is 185 cm³/mol. The van der Waals surface area contributed by atoms with Gasteiger partial charge in [-0.3, -0.25) is 4.79 Å². The molecule has 0 aromatic carbocycles. The highest BCUT2D eigenvalue weighted by molar-refractivity contribution is 6.71. The Morgan fingerprint density at radius 3 is 1.98 bits per heavy atom. The minimum Gasteiger partial charge on any atom is -0.415 e. The predicted octanol–water partition coefficient (Wildman–Crippen LogP) is 9.09. The molecule has 0 radical (unpaired) electrons. The molecule has 0 spiro atoms. The third-order valence-electron chi connectivity index (χ3n) is 11.2. The zero-order valence-electron chi connectivity index (χ0n) is 29.9. The Kier molecular flexibility index (Phi) is 9.70. The van der Waals surface area contributed by atoms with Crippen LogP contribution in [0.3, 0.4) is 0 Å². The quantitative estimate of drug-likeness (QED) is 0.220. The minimum atomic E-state index is -2.00. The van der Waals surface area contributed by atoms with Gasteiger partial charge in [-0.05, 0) is 147 Å². The average molecular weight is 655 g/mol. The van der Waals surface area contributed by atoms with Crippen molar-refractivity contribution in [2.45, 2.75) is 162 Å². The van der Waals surface area contributed by atoms with E-state index in [1.807, 2.05) is 0 Å². The normalized spacial score (nSPS) is 40.3. The van der Waals surface area contributed by atoms with Gasteiger partial charge in [-0.15, -0.1) is 0 Å². The lowest BCUT2D eigenvalue weighted by atomic mass is 9.44. The highest BCUT2D eigenvalue weighted by atomic mass is 28.4. The van der Waals surface area contributed by atoms with E-state index in [9.17, 15) is 4.79 Å². The first-order valence-electron chi connectivity index (χ1n) is 17.1. The number of fused-ring (bicyclic) bond motifs is 5. The molecule has 0 N–H and O–H groups in total. The lowest BCUT2D eigenvalue weighted by molar-refractivity contribution is -0.187. The molecule has 9 atom stereocenters. The maximum atomic E-state index is 14.7. The molecule has 0 aliphatic heterocycles. The van der Waals surface area contributed by atoms with E-state index in [2.05, 4.69) is 92.4 Å². The summed E-state index contributed by atoms with van der Waals surface area (Å²) in [5.41, 5.74) is -0.621. The van der Waals surface area contributed by atoms with E-state index in [1.54, 1.807) is 0 Å². The van der Waals surface area contributed by atoms with Crippen LogP contribution in [0.25, 0.3) is 0 Å². The Labute approximate surface area is 263 Å². The van der Waals surface area contributed by atoms with Crippen molar-refractivity contribution in [2.24, 2.45) is 34.5 Å². The van der Waals surface area contributed by atoms with Gasteiger partial charge in [-0.2, -0.15) is 0 Å². The van der Waals surface area contributed by atoms with Crippen molar-refractivity contribution in [2.75, 3.05) is 6.61 Å². The van der Waals surface area contributed by atoms with Crippen molar-refractivity contribution < 1.29 is 22.5 Å². The van der Waals surface area contributed by atoms with E-state index in [1.165, 1.54) is 12.8 Å². The molecule has 244 valence electrons. The number of carbonyl (C=O) groups excluding carboxylic acids is 1. The number of Topliss-reactive ketones (excluding diaryl/α,β-unsaturated/α-hetero) is 1. The molecule has 9 heteroatoms. The van der Waals surface area contributed by atoms with E-state index in [0.29, 0.717) is 42.7 Å². The van der Waals surface area contributed by atoms with Crippen molar-refractivity contribution in [3.63, 3.8) is 0 Å². The maximum Gasteiger partial charge on any atom is 0.184 e. The minimum absolute atomic E-state index is 0.0979. The van der Waals surface area contributed by atoms with Gasteiger partial charge in [0, 0.05) is 23.9 Å². The molecule has 5 nitrogen and oxygen atoms in total. The SMILES string of the molecule is CC12CCC(O[Si](C)(C)C)CC1CCC1C2C(=O)CC2(C)C1CCC2(O[Si](C)(C)C)C(CO[Si](C)(C)C)O[Si](C)(C)C. The summed E-state index contributed by atoms with van der Waals surface area (Å²) in [6.45, 7) is 33.0. The second-order valence-electron chi connectivity index (χ2n) is 19.0. The molecular weight excluding hydrogens is 589 g/mol. The molecule has 9 unspecified atom stereocenters. The molecule has 4 aliphatic rings. The van der Waals surface area contributed by atoms with E-state index in [0.717, 1.165) is 32.1 Å². The first-order chi connectivity index (χ1) is 18.9. The lowest BCUT2D eigenvalue weighted by Crippen LogP contribution is -2.67. The van der Waals surface area contributed by atoms with Gasteiger partial charge < -0.3 is 17.7 Å². The third kappa shape index (κ3) is 7.18. The average Bonchev–Trinajstić information content (AvgIpc) is 3.05. The van der Waals surface area contributed by atoms with Gasteiger partial charge in [0.15, 0.2) is 33.3 Å². The summed E-state index contributed by atoms with van der Waals surface area (Å²) in [6, 6.07) is 0. The Morgan fingerprint density at radius 2 is 1.43 bits per heavy atom. The molecule has 0 aromatic rings. The molecule has 0 heterocycles. The van der Waals surface area contributed by atoms with Crippen LogP contribution in [0.15, 0.2) is 0 Å². The summed E-state index contributed by atoms with van der Waals surface area (Å²) in [7, 11) is -7.29. The Morgan fingerprint density at radius 1 is 0.786 bits per heavy atom. The van der Waals surface area contributed by atoms with E-state index in [4.69, 9.17) is 17.7 Å². The van der Waals surface area contributed by atoms with Crippen LogP contribution >= 0.6 is 0 Å². The molecule has 42 heavy (non-hydrogen) atoms. The van der Waals surface area contributed by atoms with Crippen LogP contribution in [0.5, 0.6) is 0 Å².